The topological polar surface area (TPSA) is 506 Å². The molecule has 31 nitrogen and oxygen atoms in total. The van der Waals surface area contributed by atoms with E-state index < -0.39 is 186 Å². The number of rotatable bonds is 32. The molecule has 0 spiro atoms. The van der Waals surface area contributed by atoms with Crippen molar-refractivity contribution in [3.05, 3.63) is 99.6 Å². The van der Waals surface area contributed by atoms with Crippen molar-refractivity contribution in [3.8, 4) is 5.75 Å². The molecule has 1 fully saturated rings. The fraction of sp³-hybridized carbons (Fsp3) is 0.415. The highest BCUT2D eigenvalue weighted by atomic mass is 16.6. The fourth-order valence-corrected chi connectivity index (χ4v) is 8.82. The van der Waals surface area contributed by atoms with Crippen LogP contribution in [-0.4, -0.2) is 167 Å². The molecule has 8 atom stereocenters. The van der Waals surface area contributed by atoms with Gasteiger partial charge in [0.15, 0.2) is 5.75 Å². The molecule has 0 aliphatic carbocycles. The van der Waals surface area contributed by atoms with E-state index in [0.29, 0.717) is 5.56 Å². The van der Waals surface area contributed by atoms with Crippen molar-refractivity contribution in [3.63, 3.8) is 0 Å². The lowest BCUT2D eigenvalue weighted by molar-refractivity contribution is -0.385. The number of carbonyl (C=O) groups is 13. The zero-order valence-corrected chi connectivity index (χ0v) is 45.3. The summed E-state index contributed by atoms with van der Waals surface area (Å²) < 4.78 is 0. The number of nitrogens with two attached hydrogens (primary N) is 2. The van der Waals surface area contributed by atoms with Crippen LogP contribution in [-0.2, 0) is 70.4 Å². The number of likely N-dealkylation sites (tertiary alicyclic amines) is 1. The number of hydrogen-bond donors (Lipinski definition) is 14. The van der Waals surface area contributed by atoms with Crippen LogP contribution in [0, 0.1) is 16.0 Å². The fourth-order valence-electron chi connectivity index (χ4n) is 8.82. The number of nitro benzene ring substituents is 1. The molecule has 0 saturated carbocycles. The molecule has 3 aromatic carbocycles. The van der Waals surface area contributed by atoms with Crippen LogP contribution in [0.5, 0.6) is 5.75 Å². The lowest BCUT2D eigenvalue weighted by atomic mass is 10.0. The summed E-state index contributed by atoms with van der Waals surface area (Å²) in [5.74, 6) is -17.9. The van der Waals surface area contributed by atoms with E-state index in [4.69, 9.17) is 11.5 Å². The molecule has 1 saturated heterocycles. The number of phenolic OH excluding ortho intramolecular Hbond substituents is 1. The number of nitrogen functional groups attached to an aromatic ring is 1. The van der Waals surface area contributed by atoms with Gasteiger partial charge in [-0.3, -0.25) is 67.6 Å². The van der Waals surface area contributed by atoms with Gasteiger partial charge in [0, 0.05) is 37.6 Å². The van der Waals surface area contributed by atoms with Gasteiger partial charge in [-0.1, -0.05) is 62.4 Å². The molecule has 1 aliphatic heterocycles. The molecule has 0 radical (unpaired) electrons. The van der Waals surface area contributed by atoms with Gasteiger partial charge in [0.25, 0.3) is 5.91 Å². The minimum Gasteiger partial charge on any atom is -0.502 e. The summed E-state index contributed by atoms with van der Waals surface area (Å²) in [6.45, 7) is 3.17. The average Bonchev–Trinajstić information content (AvgIpc) is 3.30. The Bertz CT molecular complexity index is 3000. The summed E-state index contributed by atoms with van der Waals surface area (Å²) >= 11 is 0. The first-order valence-electron chi connectivity index (χ1n) is 26.0. The largest absolute Gasteiger partial charge is 0.502 e. The second-order valence-electron chi connectivity index (χ2n) is 19.9. The molecule has 0 unspecified atom stereocenters. The molecule has 1 aliphatic rings. The summed E-state index contributed by atoms with van der Waals surface area (Å²) in [7, 11) is 0. The van der Waals surface area contributed by atoms with Crippen molar-refractivity contribution in [1.82, 2.24) is 42.1 Å². The number of anilines is 1. The highest BCUT2D eigenvalue weighted by molar-refractivity contribution is 6.03. The van der Waals surface area contributed by atoms with E-state index in [9.17, 15) is 98.0 Å². The zero-order chi connectivity index (χ0) is 62.5. The van der Waals surface area contributed by atoms with Crippen molar-refractivity contribution in [1.29, 1.82) is 0 Å². The summed E-state index contributed by atoms with van der Waals surface area (Å²) in [6, 6.07) is 3.06. The highest BCUT2D eigenvalue weighted by Crippen LogP contribution is 2.27. The van der Waals surface area contributed by atoms with Gasteiger partial charge >= 0.3 is 29.6 Å². The highest BCUT2D eigenvalue weighted by Gasteiger charge is 2.41. The first-order chi connectivity index (χ1) is 39.5. The number of aromatic hydroxyl groups is 1. The number of phenols is 1. The lowest BCUT2D eigenvalue weighted by Gasteiger charge is -2.31. The average molecular weight is 1180 g/mol. The van der Waals surface area contributed by atoms with Crippen molar-refractivity contribution >= 4 is 88.4 Å². The first kappa shape index (κ1) is 66.3. The smallest absolute Gasteiger partial charge is 0.326 e. The molecule has 4 rings (SSSR count). The number of carboxylic acids is 4. The molecule has 84 heavy (non-hydrogen) atoms. The van der Waals surface area contributed by atoms with E-state index in [0.717, 1.165) is 23.1 Å². The standard InChI is InChI=1S/C53H65N11O20/c1-26(2)19-32(60-51(79)38-13-8-18-63(38)52(80)36(23-41(55)66)61-48(76)33(20-27-9-4-3-5-10-27)57-45(73)29-11-6-7-12-30(29)54)47(75)59-35(24-43(69)70)50(78)56-31(15-17-42(67)68)46(74)58-34(49(77)62-37(53(81)82)25-44(71)72)21-28-14-16-40(65)39(22-28)64(83)84/h3-7,9-12,14,16,22,26,31-38,65H,8,13,15,17-21,23-25,54H2,1-2H3,(H2,55,66)(H,56,78)(H,57,73)(H,58,74)(H,59,75)(H,60,79)(H,61,76)(H,62,77)(H,67,68)(H,69,70)(H,71,72)(H,81,82)/t31-,32-,33-,34-,35-,36-,37-,38-/m0/s1. The zero-order valence-electron chi connectivity index (χ0n) is 45.3. The summed E-state index contributed by atoms with van der Waals surface area (Å²) in [4.78, 5) is 183. The van der Waals surface area contributed by atoms with E-state index in [2.05, 4.69) is 31.9 Å². The Labute approximate surface area is 477 Å². The van der Waals surface area contributed by atoms with Gasteiger partial charge in [-0.15, -0.1) is 0 Å². The molecule has 0 bridgehead atoms. The Kier molecular flexibility index (Phi) is 24.5. The number of amides is 9. The van der Waals surface area contributed by atoms with Gasteiger partial charge < -0.3 is 79.1 Å². The third-order valence-electron chi connectivity index (χ3n) is 12.9. The number of nitrogens with one attached hydrogen (secondary N) is 7. The van der Waals surface area contributed by atoms with Crippen LogP contribution in [0.25, 0.3) is 0 Å². The minimum atomic E-state index is -2.11. The maximum absolute atomic E-state index is 14.4. The van der Waals surface area contributed by atoms with Crippen LogP contribution in [0.3, 0.4) is 0 Å². The number of nitro groups is 1. The number of hydrogen-bond acceptors (Lipinski definition) is 17. The molecular formula is C53H65N11O20. The van der Waals surface area contributed by atoms with Gasteiger partial charge in [0.05, 0.1) is 29.7 Å². The molecule has 0 aromatic heterocycles. The third-order valence-corrected chi connectivity index (χ3v) is 12.9. The maximum Gasteiger partial charge on any atom is 0.326 e. The number of para-hydroxylation sites is 1. The number of carbonyl (C=O) groups excluding carboxylic acids is 9. The Balaban J connectivity index is 1.58. The van der Waals surface area contributed by atoms with E-state index in [1.165, 1.54) is 12.1 Å². The van der Waals surface area contributed by atoms with Crippen molar-refractivity contribution in [2.24, 2.45) is 11.7 Å². The molecule has 31 heteroatoms. The number of primary amides is 1. The van der Waals surface area contributed by atoms with Crippen molar-refractivity contribution in [2.75, 3.05) is 12.3 Å². The quantitative estimate of drug-likeness (QED) is 0.0186. The van der Waals surface area contributed by atoms with Crippen LogP contribution in [0.4, 0.5) is 11.4 Å². The van der Waals surface area contributed by atoms with Crippen LogP contribution in [0.1, 0.15) is 86.7 Å². The van der Waals surface area contributed by atoms with Crippen LogP contribution < -0.4 is 48.7 Å². The van der Waals surface area contributed by atoms with E-state index in [1.54, 1.807) is 56.3 Å². The molecule has 452 valence electrons. The van der Waals surface area contributed by atoms with E-state index >= 15 is 0 Å². The van der Waals surface area contributed by atoms with Crippen LogP contribution in [0.2, 0.25) is 0 Å². The second-order valence-corrected chi connectivity index (χ2v) is 19.9. The molecular weight excluding hydrogens is 1110 g/mol. The number of nitrogens with zero attached hydrogens (tertiary/aromatic N) is 2. The Morgan fingerprint density at radius 3 is 1.73 bits per heavy atom. The molecule has 1 heterocycles. The van der Waals surface area contributed by atoms with Gasteiger partial charge in [-0.05, 0) is 60.9 Å². The van der Waals surface area contributed by atoms with Gasteiger partial charge in [-0.2, -0.15) is 0 Å². The van der Waals surface area contributed by atoms with Gasteiger partial charge in [-0.25, -0.2) is 4.79 Å². The van der Waals surface area contributed by atoms with E-state index in [-0.39, 0.29) is 49.0 Å². The molecule has 3 aromatic rings. The van der Waals surface area contributed by atoms with Crippen molar-refractivity contribution < 1.29 is 92.8 Å². The second kappa shape index (κ2) is 31.1. The van der Waals surface area contributed by atoms with E-state index in [1.807, 2.05) is 5.32 Å². The Hall–Kier alpha value is -10.2. The third kappa shape index (κ3) is 20.4. The predicted octanol–water partition coefficient (Wildman–Crippen LogP) is -1.81. The molecule has 16 N–H and O–H groups in total. The Morgan fingerprint density at radius 2 is 1.14 bits per heavy atom. The SMILES string of the molecule is CC(C)C[C@H](NC(=O)[C@@H]1CCCN1C(=O)[C@H](CC(N)=O)NC(=O)[C@H](Cc1ccccc1)NC(=O)c1ccccc1N)C(=O)N[C@@H](CC(=O)O)C(=O)N[C@@H](CCC(=O)O)C(=O)N[C@@H](Cc1ccc(O)c([N+](=O)[O-])c1)C(=O)N[C@@H](CC(=O)O)C(=O)O. The summed E-state index contributed by atoms with van der Waals surface area (Å²) in [6.07, 6.45) is -5.65. The normalized spacial score (nSPS) is 15.2. The molecule has 9 amide bonds. The summed E-state index contributed by atoms with van der Waals surface area (Å²) in [5.41, 5.74) is 11.3. The maximum atomic E-state index is 14.4. The van der Waals surface area contributed by atoms with Crippen molar-refractivity contribution in [2.45, 2.75) is 126 Å². The van der Waals surface area contributed by atoms with Crippen LogP contribution >= 0.6 is 0 Å². The number of aliphatic carboxylic acids is 4. The van der Waals surface area contributed by atoms with Gasteiger partial charge in [0.2, 0.25) is 47.3 Å². The Morgan fingerprint density at radius 1 is 0.619 bits per heavy atom. The first-order valence-corrected chi connectivity index (χ1v) is 26.0. The minimum absolute atomic E-state index is 0.0142. The predicted molar refractivity (Wildman–Crippen MR) is 289 cm³/mol. The van der Waals surface area contributed by atoms with Gasteiger partial charge in [0.1, 0.15) is 48.3 Å². The lowest BCUT2D eigenvalue weighted by Crippen LogP contribution is -2.60. The number of benzene rings is 3. The monoisotopic (exact) mass is 1180 g/mol. The number of carboxylic acid groups (broad SMARTS) is 4. The van der Waals surface area contributed by atoms with Crippen LogP contribution in [0.15, 0.2) is 72.8 Å². The summed E-state index contributed by atoms with van der Waals surface area (Å²) in [5, 5.41) is 75.8.